The summed E-state index contributed by atoms with van der Waals surface area (Å²) >= 11 is 0. The molecule has 1 unspecified atom stereocenters. The van der Waals surface area contributed by atoms with Crippen LogP contribution in [0.2, 0.25) is 0 Å². The van der Waals surface area contributed by atoms with E-state index in [1.807, 2.05) is 38.0 Å². The summed E-state index contributed by atoms with van der Waals surface area (Å²) in [5, 5.41) is 2.89. The Kier molecular flexibility index (Phi) is 6.24. The molecule has 1 atom stereocenters. The predicted octanol–water partition coefficient (Wildman–Crippen LogP) is -0.926. The maximum atomic E-state index is 11.9. The third-order valence-electron chi connectivity index (χ3n) is 3.26. The zero-order valence-electron chi connectivity index (χ0n) is 12.5. The van der Waals surface area contributed by atoms with Crippen LogP contribution in [0.3, 0.4) is 0 Å². The summed E-state index contributed by atoms with van der Waals surface area (Å²) in [7, 11) is 7.89. The monoisotopic (exact) mass is 270 g/mol. The average molecular weight is 270 g/mol. The zero-order valence-corrected chi connectivity index (χ0v) is 12.5. The van der Waals surface area contributed by atoms with E-state index in [4.69, 9.17) is 0 Å². The van der Waals surface area contributed by atoms with Crippen molar-refractivity contribution in [2.24, 2.45) is 5.92 Å². The van der Waals surface area contributed by atoms with Crippen molar-refractivity contribution in [3.8, 4) is 0 Å². The summed E-state index contributed by atoms with van der Waals surface area (Å²) in [4.78, 5) is 29.6. The third-order valence-corrected chi connectivity index (χ3v) is 3.26. The lowest BCUT2D eigenvalue weighted by Crippen LogP contribution is -2.37. The lowest BCUT2D eigenvalue weighted by atomic mass is 10.1. The number of rotatable bonds is 7. The number of nitrogens with one attached hydrogen (secondary N) is 1. The normalized spacial score (nSPS) is 19.6. The number of carbonyl (C=O) groups excluding carboxylic acids is 2. The van der Waals surface area contributed by atoms with Crippen LogP contribution in [-0.2, 0) is 9.59 Å². The zero-order chi connectivity index (χ0) is 14.4. The summed E-state index contributed by atoms with van der Waals surface area (Å²) in [6, 6.07) is 0. The molecular formula is C13H26N4O2. The molecule has 1 heterocycles. The van der Waals surface area contributed by atoms with Crippen molar-refractivity contribution >= 4 is 11.8 Å². The van der Waals surface area contributed by atoms with Crippen molar-refractivity contribution in [3.05, 3.63) is 0 Å². The molecule has 0 aromatic heterocycles. The maximum Gasteiger partial charge on any atom is 0.225 e. The average Bonchev–Trinajstić information content (AvgIpc) is 2.67. The number of hydrogen-bond acceptors (Lipinski definition) is 4. The van der Waals surface area contributed by atoms with Gasteiger partial charge in [-0.3, -0.25) is 9.59 Å². The van der Waals surface area contributed by atoms with Gasteiger partial charge in [0.15, 0.2) is 0 Å². The van der Waals surface area contributed by atoms with E-state index in [1.165, 1.54) is 0 Å². The highest BCUT2D eigenvalue weighted by molar-refractivity contribution is 5.89. The van der Waals surface area contributed by atoms with Gasteiger partial charge in [0.25, 0.3) is 0 Å². The second-order valence-corrected chi connectivity index (χ2v) is 5.64. The van der Waals surface area contributed by atoms with Crippen LogP contribution in [-0.4, -0.2) is 87.4 Å². The molecule has 0 aliphatic carbocycles. The minimum absolute atomic E-state index is 0.00236. The fourth-order valence-corrected chi connectivity index (χ4v) is 2.03. The van der Waals surface area contributed by atoms with E-state index < -0.39 is 0 Å². The van der Waals surface area contributed by atoms with Crippen LogP contribution in [0.15, 0.2) is 0 Å². The fraction of sp³-hybridized carbons (Fsp3) is 0.846. The fourth-order valence-electron chi connectivity index (χ4n) is 2.03. The van der Waals surface area contributed by atoms with Crippen LogP contribution < -0.4 is 5.32 Å². The molecule has 6 nitrogen and oxygen atoms in total. The summed E-state index contributed by atoms with van der Waals surface area (Å²) in [6.07, 6.45) is 0.348. The summed E-state index contributed by atoms with van der Waals surface area (Å²) in [5.41, 5.74) is 0. The Morgan fingerprint density at radius 2 is 1.89 bits per heavy atom. The maximum absolute atomic E-state index is 11.9. The molecule has 0 saturated carbocycles. The quantitative estimate of drug-likeness (QED) is 0.650. The first-order valence-corrected chi connectivity index (χ1v) is 6.75. The Hall–Kier alpha value is -1.14. The van der Waals surface area contributed by atoms with Gasteiger partial charge in [-0.05, 0) is 28.2 Å². The molecule has 110 valence electrons. The lowest BCUT2D eigenvalue weighted by Gasteiger charge is -2.19. The largest absolute Gasteiger partial charge is 0.355 e. The highest BCUT2D eigenvalue weighted by atomic mass is 16.2. The minimum atomic E-state index is -0.183. The molecule has 1 saturated heterocycles. The molecule has 1 rings (SSSR count). The third kappa shape index (κ3) is 5.57. The van der Waals surface area contributed by atoms with Crippen LogP contribution in [0, 0.1) is 5.92 Å². The van der Waals surface area contributed by atoms with E-state index in [0.29, 0.717) is 26.1 Å². The molecule has 0 bridgehead atoms. The van der Waals surface area contributed by atoms with Gasteiger partial charge in [0, 0.05) is 39.1 Å². The first-order valence-electron chi connectivity index (χ1n) is 6.75. The topological polar surface area (TPSA) is 55.9 Å². The van der Waals surface area contributed by atoms with Gasteiger partial charge in [0.05, 0.1) is 5.92 Å². The number of likely N-dealkylation sites (N-methyl/N-ethyl adjacent to an activating group) is 2. The van der Waals surface area contributed by atoms with Gasteiger partial charge in [0.2, 0.25) is 11.8 Å². The summed E-state index contributed by atoms with van der Waals surface area (Å²) in [6.45, 7) is 3.54. The molecule has 1 N–H and O–H groups in total. The van der Waals surface area contributed by atoms with Crippen molar-refractivity contribution in [1.82, 2.24) is 20.0 Å². The van der Waals surface area contributed by atoms with Gasteiger partial charge in [-0.2, -0.15) is 0 Å². The summed E-state index contributed by atoms with van der Waals surface area (Å²) < 4.78 is 0. The first kappa shape index (κ1) is 15.9. The van der Waals surface area contributed by atoms with E-state index in [9.17, 15) is 9.59 Å². The van der Waals surface area contributed by atoms with Gasteiger partial charge in [-0.1, -0.05) is 0 Å². The van der Waals surface area contributed by atoms with E-state index >= 15 is 0 Å². The van der Waals surface area contributed by atoms with Crippen molar-refractivity contribution in [2.75, 3.05) is 60.9 Å². The standard InChI is InChI=1S/C13H26N4O2/c1-15(2)6-5-14-13(19)11-9-12(18)17(10-11)8-7-16(3)4/h11H,5-10H2,1-4H3,(H,14,19). The number of carbonyl (C=O) groups is 2. The summed E-state index contributed by atoms with van der Waals surface area (Å²) in [5.74, 6) is -0.0889. The molecule has 1 fully saturated rings. The Morgan fingerprint density at radius 3 is 2.47 bits per heavy atom. The van der Waals surface area contributed by atoms with E-state index in [0.717, 1.165) is 13.1 Å². The minimum Gasteiger partial charge on any atom is -0.355 e. The molecule has 1 aliphatic heterocycles. The van der Waals surface area contributed by atoms with Crippen molar-refractivity contribution < 1.29 is 9.59 Å². The molecule has 0 radical (unpaired) electrons. The van der Waals surface area contributed by atoms with E-state index in [1.54, 1.807) is 4.90 Å². The van der Waals surface area contributed by atoms with Crippen molar-refractivity contribution in [1.29, 1.82) is 0 Å². The van der Waals surface area contributed by atoms with Crippen molar-refractivity contribution in [3.63, 3.8) is 0 Å². The second-order valence-electron chi connectivity index (χ2n) is 5.64. The number of nitrogens with zero attached hydrogens (tertiary/aromatic N) is 3. The number of amides is 2. The molecule has 0 aromatic carbocycles. The van der Waals surface area contributed by atoms with Crippen LogP contribution in [0.4, 0.5) is 0 Å². The van der Waals surface area contributed by atoms with Gasteiger partial charge in [0.1, 0.15) is 0 Å². The van der Waals surface area contributed by atoms with Gasteiger partial charge >= 0.3 is 0 Å². The molecule has 0 aromatic rings. The molecule has 1 aliphatic rings. The van der Waals surface area contributed by atoms with Crippen LogP contribution >= 0.6 is 0 Å². The highest BCUT2D eigenvalue weighted by Gasteiger charge is 2.33. The first-order chi connectivity index (χ1) is 8.90. The molecule has 0 spiro atoms. The predicted molar refractivity (Wildman–Crippen MR) is 74.8 cm³/mol. The molecule has 6 heteroatoms. The van der Waals surface area contributed by atoms with Crippen LogP contribution in [0.25, 0.3) is 0 Å². The van der Waals surface area contributed by atoms with Gasteiger partial charge in [-0.15, -0.1) is 0 Å². The highest BCUT2D eigenvalue weighted by Crippen LogP contribution is 2.17. The molecular weight excluding hydrogens is 244 g/mol. The van der Waals surface area contributed by atoms with E-state index in [2.05, 4.69) is 5.32 Å². The number of hydrogen-bond donors (Lipinski definition) is 1. The van der Waals surface area contributed by atoms with Crippen LogP contribution in [0.1, 0.15) is 6.42 Å². The molecule has 19 heavy (non-hydrogen) atoms. The Bertz CT molecular complexity index is 318. The van der Waals surface area contributed by atoms with Gasteiger partial charge in [-0.25, -0.2) is 0 Å². The van der Waals surface area contributed by atoms with Gasteiger partial charge < -0.3 is 20.0 Å². The Labute approximate surface area is 115 Å². The second kappa shape index (κ2) is 7.45. The van der Waals surface area contributed by atoms with E-state index in [-0.39, 0.29) is 17.7 Å². The molecule has 2 amide bonds. The smallest absolute Gasteiger partial charge is 0.225 e. The van der Waals surface area contributed by atoms with Crippen LogP contribution in [0.5, 0.6) is 0 Å². The van der Waals surface area contributed by atoms with Crippen molar-refractivity contribution in [2.45, 2.75) is 6.42 Å². The lowest BCUT2D eigenvalue weighted by molar-refractivity contribution is -0.129. The number of likely N-dealkylation sites (tertiary alicyclic amines) is 1. The Balaban J connectivity index is 2.32. The Morgan fingerprint density at radius 1 is 1.26 bits per heavy atom. The SMILES string of the molecule is CN(C)CCNC(=O)C1CC(=O)N(CCN(C)C)C1.